The third-order valence-corrected chi connectivity index (χ3v) is 3.77. The molecule has 2 aromatic carbocycles. The van der Waals surface area contributed by atoms with Crippen molar-refractivity contribution in [2.45, 2.75) is 24.9 Å². The summed E-state index contributed by atoms with van der Waals surface area (Å²) in [5, 5.41) is 0. The topological polar surface area (TPSA) is 0 Å². The highest BCUT2D eigenvalue weighted by molar-refractivity contribution is 7.17. The van der Waals surface area contributed by atoms with Crippen LogP contribution in [0.2, 0.25) is 0 Å². The summed E-state index contributed by atoms with van der Waals surface area (Å²) in [6, 6.07) is 21.4. The van der Waals surface area contributed by atoms with Crippen LogP contribution >= 0.6 is 9.24 Å². The molecule has 1 heteroatoms. The van der Waals surface area contributed by atoms with E-state index in [-0.39, 0.29) is 0 Å². The van der Waals surface area contributed by atoms with Crippen molar-refractivity contribution < 1.29 is 0 Å². The second-order valence-corrected chi connectivity index (χ2v) is 5.20. The van der Waals surface area contributed by atoms with E-state index < -0.39 is 0 Å². The van der Waals surface area contributed by atoms with Gasteiger partial charge in [0.15, 0.2) is 0 Å². The number of rotatable bonds is 5. The summed E-state index contributed by atoms with van der Waals surface area (Å²) in [4.78, 5) is 0. The van der Waals surface area contributed by atoms with Gasteiger partial charge in [-0.15, -0.1) is 9.24 Å². The van der Waals surface area contributed by atoms with E-state index in [2.05, 4.69) is 69.9 Å². The molecule has 2 rings (SSSR count). The average Bonchev–Trinajstić information content (AvgIpc) is 2.41. The van der Waals surface area contributed by atoms with Crippen molar-refractivity contribution in [3.63, 3.8) is 0 Å². The van der Waals surface area contributed by atoms with E-state index in [9.17, 15) is 0 Å². The lowest BCUT2D eigenvalue weighted by atomic mass is 10.0. The van der Waals surface area contributed by atoms with E-state index in [0.717, 1.165) is 0 Å². The minimum absolute atomic E-state index is 0.583. The minimum atomic E-state index is 0.583. The molecule has 0 aromatic heterocycles. The predicted molar refractivity (Wildman–Crippen MR) is 78.3 cm³/mol. The summed E-state index contributed by atoms with van der Waals surface area (Å²) in [6.07, 6.45) is 3.65. The van der Waals surface area contributed by atoms with Crippen molar-refractivity contribution >= 4 is 9.24 Å². The van der Waals surface area contributed by atoms with Crippen molar-refractivity contribution in [2.75, 3.05) is 0 Å². The molecule has 0 aliphatic heterocycles. The number of hydrogen-bond acceptors (Lipinski definition) is 0. The van der Waals surface area contributed by atoms with Gasteiger partial charge in [-0.05, 0) is 36.0 Å². The summed E-state index contributed by atoms with van der Waals surface area (Å²) in [7, 11) is 2.96. The van der Waals surface area contributed by atoms with E-state index in [1.54, 1.807) is 0 Å². The third kappa shape index (κ3) is 3.98. The lowest BCUT2D eigenvalue weighted by molar-refractivity contribution is 0.722. The lowest BCUT2D eigenvalue weighted by Gasteiger charge is -2.11. The zero-order chi connectivity index (χ0) is 11.9. The van der Waals surface area contributed by atoms with E-state index in [1.807, 2.05) is 0 Å². The molecule has 17 heavy (non-hydrogen) atoms. The van der Waals surface area contributed by atoms with Gasteiger partial charge in [-0.3, -0.25) is 0 Å². The molecule has 2 unspecified atom stereocenters. The molecule has 2 aromatic rings. The molecule has 0 radical (unpaired) electrons. The largest absolute Gasteiger partial charge is 0.130 e. The maximum Gasteiger partial charge on any atom is -0.00145 e. The summed E-state index contributed by atoms with van der Waals surface area (Å²) in [6.45, 7) is 0. The van der Waals surface area contributed by atoms with Gasteiger partial charge in [-0.25, -0.2) is 0 Å². The van der Waals surface area contributed by atoms with Gasteiger partial charge in [-0.1, -0.05) is 60.7 Å². The van der Waals surface area contributed by atoms with Crippen LogP contribution in [0.4, 0.5) is 0 Å². The molecule has 0 N–H and O–H groups in total. The molecule has 0 heterocycles. The first-order valence-corrected chi connectivity index (χ1v) is 6.87. The van der Waals surface area contributed by atoms with Crippen molar-refractivity contribution in [2.24, 2.45) is 0 Å². The first kappa shape index (κ1) is 12.3. The molecule has 0 spiro atoms. The molecule has 0 saturated carbocycles. The quantitative estimate of drug-likeness (QED) is 0.671. The monoisotopic (exact) mass is 242 g/mol. The summed E-state index contributed by atoms with van der Waals surface area (Å²) in [5.74, 6) is 0. The van der Waals surface area contributed by atoms with Gasteiger partial charge in [-0.2, -0.15) is 0 Å². The van der Waals surface area contributed by atoms with Gasteiger partial charge in [0.1, 0.15) is 0 Å². The highest BCUT2D eigenvalue weighted by Crippen LogP contribution is 2.28. The molecular weight excluding hydrogens is 223 g/mol. The fourth-order valence-electron chi connectivity index (χ4n) is 2.04. The normalized spacial score (nSPS) is 12.3. The molecule has 0 saturated heterocycles. The van der Waals surface area contributed by atoms with Crippen LogP contribution < -0.4 is 0 Å². The van der Waals surface area contributed by atoms with Crippen LogP contribution in [-0.2, 0) is 6.42 Å². The van der Waals surface area contributed by atoms with E-state index >= 15 is 0 Å². The van der Waals surface area contributed by atoms with Crippen LogP contribution in [0.15, 0.2) is 60.7 Å². The highest BCUT2D eigenvalue weighted by Gasteiger charge is 2.04. The Morgan fingerprint density at radius 1 is 0.824 bits per heavy atom. The predicted octanol–water partition coefficient (Wildman–Crippen LogP) is 4.63. The molecular formula is C16H19P. The molecule has 0 fully saturated rings. The summed E-state index contributed by atoms with van der Waals surface area (Å²) in [5.41, 5.74) is 3.45. The van der Waals surface area contributed by atoms with Crippen molar-refractivity contribution in [3.05, 3.63) is 71.8 Å². The lowest BCUT2D eigenvalue weighted by Crippen LogP contribution is -1.92. The Morgan fingerprint density at radius 3 is 2.06 bits per heavy atom. The van der Waals surface area contributed by atoms with E-state index in [4.69, 9.17) is 0 Å². The van der Waals surface area contributed by atoms with Crippen LogP contribution in [-0.4, -0.2) is 0 Å². The Kier molecular flexibility index (Phi) is 4.76. The first-order valence-electron chi connectivity index (χ1n) is 6.21. The van der Waals surface area contributed by atoms with Crippen LogP contribution in [0.25, 0.3) is 0 Å². The minimum Gasteiger partial charge on any atom is -0.130 e. The standard InChI is InChI=1S/C16H19P/c17-16(15-11-5-2-6-12-15)13-7-10-14-8-3-1-4-9-14/h1-6,8-9,11-12,16H,7,10,13,17H2. The van der Waals surface area contributed by atoms with Gasteiger partial charge >= 0.3 is 0 Å². The molecule has 0 nitrogen and oxygen atoms in total. The number of aryl methyl sites for hydroxylation is 1. The summed E-state index contributed by atoms with van der Waals surface area (Å²) >= 11 is 0. The Labute approximate surface area is 106 Å². The van der Waals surface area contributed by atoms with Gasteiger partial charge in [0.25, 0.3) is 0 Å². The van der Waals surface area contributed by atoms with Crippen LogP contribution in [0, 0.1) is 0 Å². The van der Waals surface area contributed by atoms with Gasteiger partial charge in [0.05, 0.1) is 0 Å². The Hall–Kier alpha value is -1.13. The maximum absolute atomic E-state index is 2.96. The summed E-state index contributed by atoms with van der Waals surface area (Å²) < 4.78 is 0. The van der Waals surface area contributed by atoms with Crippen LogP contribution in [0.1, 0.15) is 29.6 Å². The maximum atomic E-state index is 2.96. The Morgan fingerprint density at radius 2 is 1.41 bits per heavy atom. The average molecular weight is 242 g/mol. The number of benzene rings is 2. The Balaban J connectivity index is 1.79. The molecule has 88 valence electrons. The fraction of sp³-hybridized carbons (Fsp3) is 0.250. The smallest absolute Gasteiger partial charge is 0.00145 e. The fourth-order valence-corrected chi connectivity index (χ4v) is 2.50. The third-order valence-electron chi connectivity index (χ3n) is 3.05. The molecule has 0 aliphatic rings. The molecule has 0 amide bonds. The van der Waals surface area contributed by atoms with Crippen LogP contribution in [0.3, 0.4) is 0 Å². The zero-order valence-electron chi connectivity index (χ0n) is 10.0. The first-order chi connectivity index (χ1) is 8.36. The second-order valence-electron chi connectivity index (χ2n) is 4.40. The van der Waals surface area contributed by atoms with Crippen molar-refractivity contribution in [3.8, 4) is 0 Å². The van der Waals surface area contributed by atoms with Gasteiger partial charge in [0.2, 0.25) is 0 Å². The van der Waals surface area contributed by atoms with Crippen molar-refractivity contribution in [1.29, 1.82) is 0 Å². The van der Waals surface area contributed by atoms with Gasteiger partial charge < -0.3 is 0 Å². The second kappa shape index (κ2) is 6.57. The molecule has 0 aliphatic carbocycles. The molecule has 2 atom stereocenters. The van der Waals surface area contributed by atoms with Gasteiger partial charge in [0, 0.05) is 0 Å². The van der Waals surface area contributed by atoms with Crippen molar-refractivity contribution in [1.82, 2.24) is 0 Å². The SMILES string of the molecule is PC(CCCc1ccccc1)c1ccccc1. The van der Waals surface area contributed by atoms with E-state index in [0.29, 0.717) is 5.66 Å². The Bertz CT molecular complexity index is 422. The van der Waals surface area contributed by atoms with Crippen LogP contribution in [0.5, 0.6) is 0 Å². The van der Waals surface area contributed by atoms with E-state index in [1.165, 1.54) is 30.4 Å². The molecule has 0 bridgehead atoms. The highest BCUT2D eigenvalue weighted by atomic mass is 31.0. The zero-order valence-corrected chi connectivity index (χ0v) is 11.2. The number of hydrogen-bond donors (Lipinski definition) is 0.